The topological polar surface area (TPSA) is 58.1 Å². The predicted octanol–water partition coefficient (Wildman–Crippen LogP) is 3.35. The zero-order valence-corrected chi connectivity index (χ0v) is 13.8. The molecule has 1 aromatic carbocycles. The molecule has 1 aromatic heterocycles. The summed E-state index contributed by atoms with van der Waals surface area (Å²) in [7, 11) is 1.78. The second-order valence-corrected chi connectivity index (χ2v) is 5.57. The van der Waals surface area contributed by atoms with Crippen molar-refractivity contribution in [3.63, 3.8) is 0 Å². The van der Waals surface area contributed by atoms with Crippen LogP contribution in [0.3, 0.4) is 0 Å². The number of amides is 1. The van der Waals surface area contributed by atoms with Gasteiger partial charge in [-0.2, -0.15) is 0 Å². The van der Waals surface area contributed by atoms with E-state index in [1.807, 2.05) is 30.3 Å². The van der Waals surface area contributed by atoms with Gasteiger partial charge < -0.3 is 10.2 Å². The Morgan fingerprint density at radius 2 is 1.96 bits per heavy atom. The molecule has 23 heavy (non-hydrogen) atoms. The van der Waals surface area contributed by atoms with E-state index in [0.29, 0.717) is 18.1 Å². The summed E-state index contributed by atoms with van der Waals surface area (Å²) in [6.07, 6.45) is 4.90. The molecule has 0 bridgehead atoms. The maximum Gasteiger partial charge on any atom is 0.272 e. The summed E-state index contributed by atoms with van der Waals surface area (Å²) in [4.78, 5) is 22.4. The molecular weight excluding hydrogens is 288 g/mol. The van der Waals surface area contributed by atoms with Gasteiger partial charge in [0.05, 0.1) is 0 Å². The Balaban J connectivity index is 1.95. The molecule has 1 heterocycles. The number of hydrogen-bond donors (Lipinski definition) is 1. The monoisotopic (exact) mass is 312 g/mol. The van der Waals surface area contributed by atoms with Gasteiger partial charge in [0.25, 0.3) is 5.91 Å². The molecule has 2 rings (SSSR count). The van der Waals surface area contributed by atoms with Crippen LogP contribution < -0.4 is 5.32 Å². The molecule has 0 fully saturated rings. The third-order valence-electron chi connectivity index (χ3n) is 3.58. The van der Waals surface area contributed by atoms with E-state index < -0.39 is 0 Å². The molecule has 0 unspecified atom stereocenters. The van der Waals surface area contributed by atoms with Crippen LogP contribution in [0, 0.1) is 0 Å². The summed E-state index contributed by atoms with van der Waals surface area (Å²) in [5, 5.41) is 3.24. The Kier molecular flexibility index (Phi) is 6.54. The van der Waals surface area contributed by atoms with E-state index in [1.165, 1.54) is 19.2 Å². The number of anilines is 1. The molecular formula is C18H24N4O. The normalized spacial score (nSPS) is 10.3. The average molecular weight is 312 g/mol. The highest BCUT2D eigenvalue weighted by molar-refractivity contribution is 5.92. The van der Waals surface area contributed by atoms with E-state index in [2.05, 4.69) is 22.2 Å². The Labute approximate surface area is 137 Å². The molecule has 0 radical (unpaired) electrons. The van der Waals surface area contributed by atoms with E-state index in [1.54, 1.807) is 18.0 Å². The van der Waals surface area contributed by atoms with Crippen LogP contribution in [-0.2, 0) is 6.54 Å². The number of unbranched alkanes of at least 4 members (excludes halogenated alkanes) is 2. The number of carbonyl (C=O) groups is 1. The van der Waals surface area contributed by atoms with E-state index in [-0.39, 0.29) is 5.91 Å². The largest absolute Gasteiger partial charge is 0.370 e. The molecule has 0 spiro atoms. The lowest BCUT2D eigenvalue weighted by atomic mass is 10.2. The first-order valence-corrected chi connectivity index (χ1v) is 8.06. The summed E-state index contributed by atoms with van der Waals surface area (Å²) in [6, 6.07) is 11.6. The molecule has 1 amide bonds. The van der Waals surface area contributed by atoms with Crippen molar-refractivity contribution in [3.05, 3.63) is 54.0 Å². The minimum atomic E-state index is -0.104. The van der Waals surface area contributed by atoms with Gasteiger partial charge in [-0.05, 0) is 12.0 Å². The Morgan fingerprint density at radius 1 is 1.17 bits per heavy atom. The minimum absolute atomic E-state index is 0.104. The summed E-state index contributed by atoms with van der Waals surface area (Å²) >= 11 is 0. The van der Waals surface area contributed by atoms with Gasteiger partial charge in [0, 0.05) is 26.2 Å². The number of nitrogens with one attached hydrogen (secondary N) is 1. The van der Waals surface area contributed by atoms with Crippen LogP contribution in [0.15, 0.2) is 42.7 Å². The van der Waals surface area contributed by atoms with Crippen molar-refractivity contribution in [1.82, 2.24) is 14.9 Å². The molecule has 1 N–H and O–H groups in total. The fourth-order valence-electron chi connectivity index (χ4n) is 2.29. The highest BCUT2D eigenvalue weighted by Gasteiger charge is 2.14. The van der Waals surface area contributed by atoms with Crippen molar-refractivity contribution >= 4 is 11.7 Å². The van der Waals surface area contributed by atoms with E-state index in [0.717, 1.165) is 18.5 Å². The van der Waals surface area contributed by atoms with E-state index in [9.17, 15) is 4.79 Å². The summed E-state index contributed by atoms with van der Waals surface area (Å²) in [5.74, 6) is 0.598. The van der Waals surface area contributed by atoms with Crippen LogP contribution in [-0.4, -0.2) is 34.4 Å². The smallest absolute Gasteiger partial charge is 0.272 e. The molecule has 0 saturated carbocycles. The lowest BCUT2D eigenvalue weighted by Gasteiger charge is -2.17. The van der Waals surface area contributed by atoms with Gasteiger partial charge in [0.1, 0.15) is 17.8 Å². The quantitative estimate of drug-likeness (QED) is 0.759. The number of aromatic nitrogens is 2. The number of carbonyl (C=O) groups excluding carboxylic acids is 1. The Hall–Kier alpha value is -2.43. The molecule has 2 aromatic rings. The summed E-state index contributed by atoms with van der Waals surface area (Å²) in [6.45, 7) is 3.59. The molecule has 122 valence electrons. The Bertz CT molecular complexity index is 615. The van der Waals surface area contributed by atoms with Gasteiger partial charge in [0.2, 0.25) is 0 Å². The lowest BCUT2D eigenvalue weighted by molar-refractivity contribution is 0.0779. The van der Waals surface area contributed by atoms with Gasteiger partial charge in [-0.3, -0.25) is 4.79 Å². The van der Waals surface area contributed by atoms with Crippen molar-refractivity contribution in [1.29, 1.82) is 0 Å². The first kappa shape index (κ1) is 16.9. The van der Waals surface area contributed by atoms with E-state index >= 15 is 0 Å². The fourth-order valence-corrected chi connectivity index (χ4v) is 2.29. The molecule has 0 atom stereocenters. The molecule has 5 heteroatoms. The van der Waals surface area contributed by atoms with Crippen molar-refractivity contribution in [2.75, 3.05) is 18.9 Å². The molecule has 5 nitrogen and oxygen atoms in total. The van der Waals surface area contributed by atoms with Gasteiger partial charge in [-0.25, -0.2) is 9.97 Å². The fraction of sp³-hybridized carbons (Fsp3) is 0.389. The molecule has 0 saturated heterocycles. The molecule has 0 aliphatic heterocycles. The van der Waals surface area contributed by atoms with Gasteiger partial charge in [-0.1, -0.05) is 50.1 Å². The zero-order chi connectivity index (χ0) is 16.5. The predicted molar refractivity (Wildman–Crippen MR) is 92.3 cm³/mol. The third kappa shape index (κ3) is 5.36. The van der Waals surface area contributed by atoms with Crippen molar-refractivity contribution in [2.45, 2.75) is 32.7 Å². The molecule has 0 aliphatic rings. The standard InChI is InChI=1S/C18H24N4O/c1-3-4-8-11-19-17-12-16(20-14-21-17)18(23)22(2)13-15-9-6-5-7-10-15/h5-7,9-10,12,14H,3-4,8,11,13H2,1-2H3,(H,19,20,21). The van der Waals surface area contributed by atoms with Gasteiger partial charge >= 0.3 is 0 Å². The average Bonchev–Trinajstić information content (AvgIpc) is 2.59. The van der Waals surface area contributed by atoms with Crippen LogP contribution in [0.1, 0.15) is 42.2 Å². The maximum atomic E-state index is 12.5. The SMILES string of the molecule is CCCCCNc1cc(C(=O)N(C)Cc2ccccc2)ncn1. The number of nitrogens with zero attached hydrogens (tertiary/aromatic N) is 3. The first-order chi connectivity index (χ1) is 11.2. The highest BCUT2D eigenvalue weighted by atomic mass is 16.2. The van der Waals surface area contributed by atoms with Crippen molar-refractivity contribution in [2.24, 2.45) is 0 Å². The molecule has 0 aliphatic carbocycles. The first-order valence-electron chi connectivity index (χ1n) is 8.06. The van der Waals surface area contributed by atoms with Crippen molar-refractivity contribution < 1.29 is 4.79 Å². The Morgan fingerprint density at radius 3 is 2.70 bits per heavy atom. The van der Waals surface area contributed by atoms with E-state index in [4.69, 9.17) is 0 Å². The zero-order valence-electron chi connectivity index (χ0n) is 13.8. The van der Waals surface area contributed by atoms with Crippen LogP contribution >= 0.6 is 0 Å². The van der Waals surface area contributed by atoms with Crippen molar-refractivity contribution in [3.8, 4) is 0 Å². The summed E-state index contributed by atoms with van der Waals surface area (Å²) in [5.41, 5.74) is 1.51. The van der Waals surface area contributed by atoms with Crippen LogP contribution in [0.5, 0.6) is 0 Å². The summed E-state index contributed by atoms with van der Waals surface area (Å²) < 4.78 is 0. The van der Waals surface area contributed by atoms with Crippen LogP contribution in [0.25, 0.3) is 0 Å². The van der Waals surface area contributed by atoms with Gasteiger partial charge in [-0.15, -0.1) is 0 Å². The highest BCUT2D eigenvalue weighted by Crippen LogP contribution is 2.10. The second kappa shape index (κ2) is 8.88. The number of hydrogen-bond acceptors (Lipinski definition) is 4. The van der Waals surface area contributed by atoms with Crippen LogP contribution in [0.2, 0.25) is 0 Å². The lowest BCUT2D eigenvalue weighted by Crippen LogP contribution is -2.27. The third-order valence-corrected chi connectivity index (χ3v) is 3.58. The minimum Gasteiger partial charge on any atom is -0.370 e. The second-order valence-electron chi connectivity index (χ2n) is 5.57. The van der Waals surface area contributed by atoms with Gasteiger partial charge in [0.15, 0.2) is 0 Å². The maximum absolute atomic E-state index is 12.5. The number of rotatable bonds is 8. The van der Waals surface area contributed by atoms with Crippen LogP contribution in [0.4, 0.5) is 5.82 Å². The number of benzene rings is 1.